The van der Waals surface area contributed by atoms with Crippen LogP contribution in [0.4, 0.5) is 0 Å². The number of rotatable bonds is 6. The average molecular weight is 315 g/mol. The summed E-state index contributed by atoms with van der Waals surface area (Å²) in [7, 11) is 1.98. The zero-order valence-electron chi connectivity index (χ0n) is 13.9. The molecule has 0 unspecified atom stereocenters. The van der Waals surface area contributed by atoms with Crippen LogP contribution >= 0.6 is 0 Å². The molecule has 1 saturated carbocycles. The number of ether oxygens (including phenoxy) is 1. The average Bonchev–Trinajstić information content (AvgIpc) is 2.94. The fourth-order valence-corrected chi connectivity index (χ4v) is 3.28. The lowest BCUT2D eigenvalue weighted by Gasteiger charge is -2.18. The molecule has 0 aromatic carbocycles. The predicted octanol–water partition coefficient (Wildman–Crippen LogP) is 1.95. The molecule has 2 aromatic rings. The second-order valence-electron chi connectivity index (χ2n) is 6.89. The molecule has 0 spiro atoms. The Labute approximate surface area is 136 Å². The van der Waals surface area contributed by atoms with E-state index in [1.165, 1.54) is 29.7 Å². The molecule has 2 fully saturated rings. The van der Waals surface area contributed by atoms with Crippen molar-refractivity contribution in [2.75, 3.05) is 6.61 Å². The molecule has 1 aliphatic carbocycles. The van der Waals surface area contributed by atoms with Crippen LogP contribution in [0.2, 0.25) is 0 Å². The lowest BCUT2D eigenvalue weighted by atomic mass is 10.1. The third kappa shape index (κ3) is 3.19. The molecule has 1 N–H and O–H groups in total. The lowest BCUT2D eigenvalue weighted by Crippen LogP contribution is -2.31. The van der Waals surface area contributed by atoms with Gasteiger partial charge in [-0.1, -0.05) is 0 Å². The minimum Gasteiger partial charge on any atom is -0.372 e. The van der Waals surface area contributed by atoms with E-state index in [4.69, 9.17) is 4.74 Å². The van der Waals surface area contributed by atoms with Crippen LogP contribution in [0.5, 0.6) is 0 Å². The quantitative estimate of drug-likeness (QED) is 0.885. The molecule has 0 radical (unpaired) electrons. The minimum absolute atomic E-state index is 0.111. The van der Waals surface area contributed by atoms with Gasteiger partial charge in [0.05, 0.1) is 12.4 Å². The van der Waals surface area contributed by atoms with Gasteiger partial charge in [0.15, 0.2) is 0 Å². The van der Waals surface area contributed by atoms with Crippen molar-refractivity contribution in [3.05, 3.63) is 35.4 Å². The number of hydrogen-bond acceptors (Lipinski definition) is 4. The zero-order valence-corrected chi connectivity index (χ0v) is 13.9. The number of aryl methyl sites for hydroxylation is 1. The molecule has 2 atom stereocenters. The summed E-state index contributed by atoms with van der Waals surface area (Å²) >= 11 is 0. The van der Waals surface area contributed by atoms with E-state index < -0.39 is 0 Å². The Bertz CT molecular complexity index is 672. The van der Waals surface area contributed by atoms with Crippen LogP contribution in [0.15, 0.2) is 18.6 Å². The first kappa shape index (κ1) is 14.9. The Hall–Kier alpha value is -1.66. The van der Waals surface area contributed by atoms with E-state index in [-0.39, 0.29) is 6.10 Å². The van der Waals surface area contributed by atoms with Crippen LogP contribution in [0.1, 0.15) is 42.2 Å². The molecule has 0 amide bonds. The Morgan fingerprint density at radius 1 is 1.26 bits per heavy atom. The maximum atomic E-state index is 5.97. The molecule has 2 aromatic heterocycles. The summed E-state index contributed by atoms with van der Waals surface area (Å²) in [4.78, 5) is 0. The Morgan fingerprint density at radius 3 is 2.87 bits per heavy atom. The second kappa shape index (κ2) is 6.09. The molecule has 1 aliphatic heterocycles. The van der Waals surface area contributed by atoms with Crippen molar-refractivity contribution < 1.29 is 4.74 Å². The standard InChI is InChI=1S/C17H25N5O/c1-12-14(8-19-21(12)2)7-18-16-5-6-23-17(16)15-9-20-22(11-15)10-13-3-4-13/h8-9,11,13,16-18H,3-7,10H2,1-2H3/t16-,17+/m0/s1. The van der Waals surface area contributed by atoms with Crippen molar-refractivity contribution in [3.63, 3.8) is 0 Å². The highest BCUT2D eigenvalue weighted by Gasteiger charge is 2.31. The van der Waals surface area contributed by atoms with Gasteiger partial charge in [-0.3, -0.25) is 9.36 Å². The summed E-state index contributed by atoms with van der Waals surface area (Å²) in [5.74, 6) is 0.842. The monoisotopic (exact) mass is 315 g/mol. The van der Waals surface area contributed by atoms with Gasteiger partial charge >= 0.3 is 0 Å². The van der Waals surface area contributed by atoms with Crippen LogP contribution in [-0.4, -0.2) is 32.2 Å². The Balaban J connectivity index is 1.39. The van der Waals surface area contributed by atoms with Gasteiger partial charge in [-0.15, -0.1) is 0 Å². The molecule has 3 heterocycles. The van der Waals surface area contributed by atoms with E-state index in [1.54, 1.807) is 0 Å². The van der Waals surface area contributed by atoms with Crippen LogP contribution in [0.3, 0.4) is 0 Å². The molecule has 6 heteroatoms. The summed E-state index contributed by atoms with van der Waals surface area (Å²) < 4.78 is 9.97. The molecule has 1 saturated heterocycles. The summed E-state index contributed by atoms with van der Waals surface area (Å²) in [5.41, 5.74) is 3.66. The van der Waals surface area contributed by atoms with Gasteiger partial charge in [0.25, 0.3) is 0 Å². The van der Waals surface area contributed by atoms with Crippen molar-refractivity contribution in [1.29, 1.82) is 0 Å². The van der Waals surface area contributed by atoms with Crippen molar-refractivity contribution in [3.8, 4) is 0 Å². The zero-order chi connectivity index (χ0) is 15.8. The van der Waals surface area contributed by atoms with Gasteiger partial charge in [-0.2, -0.15) is 10.2 Å². The molecule has 2 aliphatic rings. The molecule has 124 valence electrons. The van der Waals surface area contributed by atoms with Gasteiger partial charge in [0.1, 0.15) is 6.10 Å². The van der Waals surface area contributed by atoms with Crippen LogP contribution < -0.4 is 5.32 Å². The molecule has 6 nitrogen and oxygen atoms in total. The molecular formula is C17H25N5O. The summed E-state index contributed by atoms with van der Waals surface area (Å²) in [6.45, 7) is 4.80. The van der Waals surface area contributed by atoms with E-state index in [9.17, 15) is 0 Å². The highest BCUT2D eigenvalue weighted by molar-refractivity contribution is 5.17. The highest BCUT2D eigenvalue weighted by atomic mass is 16.5. The van der Waals surface area contributed by atoms with E-state index in [1.807, 2.05) is 24.1 Å². The fourth-order valence-electron chi connectivity index (χ4n) is 3.28. The number of hydrogen-bond donors (Lipinski definition) is 1. The lowest BCUT2D eigenvalue weighted by molar-refractivity contribution is 0.0984. The van der Waals surface area contributed by atoms with Gasteiger partial charge in [-0.05, 0) is 32.1 Å². The highest BCUT2D eigenvalue weighted by Crippen LogP contribution is 2.32. The Kier molecular flexibility index (Phi) is 3.95. The normalized spacial score (nSPS) is 24.4. The Morgan fingerprint density at radius 2 is 2.13 bits per heavy atom. The van der Waals surface area contributed by atoms with E-state index in [0.717, 1.165) is 32.0 Å². The first-order valence-electron chi connectivity index (χ1n) is 8.55. The maximum Gasteiger partial charge on any atom is 0.101 e. The number of aromatic nitrogens is 4. The van der Waals surface area contributed by atoms with Crippen molar-refractivity contribution in [1.82, 2.24) is 24.9 Å². The molecule has 4 rings (SSSR count). The van der Waals surface area contributed by atoms with Gasteiger partial charge < -0.3 is 10.1 Å². The van der Waals surface area contributed by atoms with Gasteiger partial charge in [-0.25, -0.2) is 0 Å². The van der Waals surface area contributed by atoms with Crippen LogP contribution in [-0.2, 0) is 24.9 Å². The molecule has 23 heavy (non-hydrogen) atoms. The van der Waals surface area contributed by atoms with Crippen molar-refractivity contribution in [2.24, 2.45) is 13.0 Å². The largest absolute Gasteiger partial charge is 0.372 e. The van der Waals surface area contributed by atoms with E-state index >= 15 is 0 Å². The topological polar surface area (TPSA) is 56.9 Å². The number of nitrogens with one attached hydrogen (secondary N) is 1. The molecule has 0 bridgehead atoms. The second-order valence-corrected chi connectivity index (χ2v) is 6.89. The van der Waals surface area contributed by atoms with E-state index in [2.05, 4.69) is 33.3 Å². The predicted molar refractivity (Wildman–Crippen MR) is 86.8 cm³/mol. The minimum atomic E-state index is 0.111. The fraction of sp³-hybridized carbons (Fsp3) is 0.647. The maximum absolute atomic E-state index is 5.97. The first-order valence-corrected chi connectivity index (χ1v) is 8.55. The summed E-state index contributed by atoms with van der Waals surface area (Å²) in [5, 5.41) is 12.5. The smallest absolute Gasteiger partial charge is 0.101 e. The third-order valence-electron chi connectivity index (χ3n) is 5.11. The third-order valence-corrected chi connectivity index (χ3v) is 5.11. The van der Waals surface area contributed by atoms with Crippen molar-refractivity contribution >= 4 is 0 Å². The van der Waals surface area contributed by atoms with Gasteiger partial charge in [0, 0.05) is 55.8 Å². The summed E-state index contributed by atoms with van der Waals surface area (Å²) in [6.07, 6.45) is 9.94. The van der Waals surface area contributed by atoms with E-state index in [0.29, 0.717) is 6.04 Å². The summed E-state index contributed by atoms with van der Waals surface area (Å²) in [6, 6.07) is 0.341. The number of nitrogens with zero attached hydrogens (tertiary/aromatic N) is 4. The van der Waals surface area contributed by atoms with Crippen LogP contribution in [0, 0.1) is 12.8 Å². The van der Waals surface area contributed by atoms with Gasteiger partial charge in [0.2, 0.25) is 0 Å². The van der Waals surface area contributed by atoms with Crippen LogP contribution in [0.25, 0.3) is 0 Å². The SMILES string of the molecule is Cc1c(CN[C@H]2CCO[C@@H]2c2cnn(CC3CC3)c2)cnn1C. The first-order chi connectivity index (χ1) is 11.2. The van der Waals surface area contributed by atoms with Crippen molar-refractivity contribution in [2.45, 2.75) is 51.4 Å². The molecular weight excluding hydrogens is 290 g/mol.